The molecule has 0 aliphatic carbocycles. The van der Waals surface area contributed by atoms with Gasteiger partial charge in [0.2, 0.25) is 0 Å². The Morgan fingerprint density at radius 1 is 1.20 bits per heavy atom. The standard InChI is InChI=1S/C13H14N2O2S3/c1-8-4-3-5-9(2)12(8)15-20(16,17)11-7-6-10(19-11)13(14)18/h3-7,15H,1-2H3,(H2,14,18). The van der Waals surface area contributed by atoms with E-state index < -0.39 is 10.0 Å². The van der Waals surface area contributed by atoms with Gasteiger partial charge in [0.25, 0.3) is 10.0 Å². The predicted molar refractivity (Wildman–Crippen MR) is 86.9 cm³/mol. The van der Waals surface area contributed by atoms with Gasteiger partial charge in [0.05, 0.1) is 10.6 Å². The SMILES string of the molecule is Cc1cccc(C)c1NS(=O)(=O)c1ccc(C(N)=S)s1. The third-order valence-corrected chi connectivity index (χ3v) is 6.12. The van der Waals surface area contributed by atoms with Gasteiger partial charge in [-0.15, -0.1) is 11.3 Å². The van der Waals surface area contributed by atoms with E-state index in [0.717, 1.165) is 22.5 Å². The molecule has 0 saturated heterocycles. The number of nitrogens with one attached hydrogen (secondary N) is 1. The van der Waals surface area contributed by atoms with Crippen molar-refractivity contribution in [3.8, 4) is 0 Å². The van der Waals surface area contributed by atoms with Gasteiger partial charge in [-0.25, -0.2) is 8.42 Å². The number of aryl methyl sites for hydroxylation is 2. The number of hydrogen-bond donors (Lipinski definition) is 2. The van der Waals surface area contributed by atoms with Crippen LogP contribution in [0.3, 0.4) is 0 Å². The molecule has 0 spiro atoms. The highest BCUT2D eigenvalue weighted by Crippen LogP contribution is 2.27. The van der Waals surface area contributed by atoms with Crippen LogP contribution in [0.15, 0.2) is 34.5 Å². The van der Waals surface area contributed by atoms with E-state index >= 15 is 0 Å². The van der Waals surface area contributed by atoms with Gasteiger partial charge in [0, 0.05) is 0 Å². The van der Waals surface area contributed by atoms with Crippen LogP contribution in [0.25, 0.3) is 0 Å². The van der Waals surface area contributed by atoms with Crippen LogP contribution in [-0.4, -0.2) is 13.4 Å². The summed E-state index contributed by atoms with van der Waals surface area (Å²) in [4.78, 5) is 0.783. The van der Waals surface area contributed by atoms with E-state index in [4.69, 9.17) is 18.0 Å². The Morgan fingerprint density at radius 3 is 2.30 bits per heavy atom. The van der Waals surface area contributed by atoms with E-state index in [2.05, 4.69) is 4.72 Å². The molecule has 106 valence electrons. The number of sulfonamides is 1. The average molecular weight is 326 g/mol. The first-order valence-electron chi connectivity index (χ1n) is 5.80. The van der Waals surface area contributed by atoms with Crippen molar-refractivity contribution < 1.29 is 8.42 Å². The molecule has 0 saturated carbocycles. The number of anilines is 1. The lowest BCUT2D eigenvalue weighted by molar-refractivity contribution is 0.603. The van der Waals surface area contributed by atoms with Crippen LogP contribution in [0.4, 0.5) is 5.69 Å². The third-order valence-electron chi connectivity index (χ3n) is 2.81. The number of nitrogens with two attached hydrogens (primary N) is 1. The number of thiocarbonyl (C=S) groups is 1. The summed E-state index contributed by atoms with van der Waals surface area (Å²) in [6.45, 7) is 3.72. The van der Waals surface area contributed by atoms with Crippen molar-refractivity contribution in [3.63, 3.8) is 0 Å². The molecule has 7 heteroatoms. The molecular formula is C13H14N2O2S3. The molecule has 0 bridgehead atoms. The van der Waals surface area contributed by atoms with E-state index in [-0.39, 0.29) is 9.20 Å². The Balaban J connectivity index is 2.38. The van der Waals surface area contributed by atoms with Crippen LogP contribution in [0, 0.1) is 13.8 Å². The van der Waals surface area contributed by atoms with Crippen molar-refractivity contribution in [1.82, 2.24) is 0 Å². The predicted octanol–water partition coefficient (Wildman–Crippen LogP) is 2.80. The Bertz CT molecular complexity index is 743. The summed E-state index contributed by atoms with van der Waals surface area (Å²) in [5.74, 6) is 0. The summed E-state index contributed by atoms with van der Waals surface area (Å²) in [5.41, 5.74) is 7.86. The first-order chi connectivity index (χ1) is 9.31. The zero-order chi connectivity index (χ0) is 14.9. The van der Waals surface area contributed by atoms with E-state index in [1.165, 1.54) is 6.07 Å². The van der Waals surface area contributed by atoms with Crippen molar-refractivity contribution in [2.24, 2.45) is 5.73 Å². The molecule has 2 aromatic rings. The Labute approximate surface area is 127 Å². The summed E-state index contributed by atoms with van der Waals surface area (Å²) >= 11 is 5.90. The van der Waals surface area contributed by atoms with Crippen molar-refractivity contribution in [1.29, 1.82) is 0 Å². The monoisotopic (exact) mass is 326 g/mol. The molecule has 0 amide bonds. The lowest BCUT2D eigenvalue weighted by Gasteiger charge is -2.11. The number of rotatable bonds is 4. The molecule has 0 radical (unpaired) electrons. The van der Waals surface area contributed by atoms with Crippen molar-refractivity contribution in [2.45, 2.75) is 18.1 Å². The fourth-order valence-corrected chi connectivity index (χ4v) is 4.31. The minimum absolute atomic E-state index is 0.197. The summed E-state index contributed by atoms with van der Waals surface area (Å²) in [7, 11) is -3.62. The lowest BCUT2D eigenvalue weighted by atomic mass is 10.1. The molecule has 0 aliphatic rings. The Morgan fingerprint density at radius 2 is 1.80 bits per heavy atom. The maximum atomic E-state index is 12.4. The Kier molecular flexibility index (Phi) is 4.12. The van der Waals surface area contributed by atoms with Gasteiger partial charge in [-0.3, -0.25) is 4.72 Å². The summed E-state index contributed by atoms with van der Waals surface area (Å²) < 4.78 is 27.5. The molecule has 1 aromatic heterocycles. The fraction of sp³-hybridized carbons (Fsp3) is 0.154. The molecule has 3 N–H and O–H groups in total. The van der Waals surface area contributed by atoms with Crippen molar-refractivity contribution in [3.05, 3.63) is 46.3 Å². The highest BCUT2D eigenvalue weighted by atomic mass is 32.2. The highest BCUT2D eigenvalue weighted by Gasteiger charge is 2.19. The second-order valence-corrected chi connectivity index (χ2v) is 7.79. The van der Waals surface area contributed by atoms with Crippen molar-refractivity contribution >= 4 is 44.3 Å². The first kappa shape index (κ1) is 15.0. The van der Waals surface area contributed by atoms with Gasteiger partial charge in [-0.05, 0) is 37.1 Å². The molecule has 0 unspecified atom stereocenters. The summed E-state index contributed by atoms with van der Waals surface area (Å²) in [6.07, 6.45) is 0. The smallest absolute Gasteiger partial charge is 0.271 e. The molecule has 4 nitrogen and oxygen atoms in total. The van der Waals surface area contributed by atoms with Crippen LogP contribution < -0.4 is 10.5 Å². The molecule has 1 aromatic carbocycles. The van der Waals surface area contributed by atoms with E-state index in [1.807, 2.05) is 32.0 Å². The molecule has 0 aliphatic heterocycles. The molecule has 0 atom stereocenters. The fourth-order valence-electron chi connectivity index (χ4n) is 1.76. The lowest BCUT2D eigenvalue weighted by Crippen LogP contribution is -2.13. The summed E-state index contributed by atoms with van der Waals surface area (Å²) in [6, 6.07) is 8.74. The van der Waals surface area contributed by atoms with Crippen LogP contribution in [0.5, 0.6) is 0 Å². The maximum absolute atomic E-state index is 12.4. The largest absolute Gasteiger partial charge is 0.389 e. The third kappa shape index (κ3) is 3.00. The Hall–Kier alpha value is -1.44. The maximum Gasteiger partial charge on any atom is 0.271 e. The van der Waals surface area contributed by atoms with Crippen LogP contribution >= 0.6 is 23.6 Å². The zero-order valence-electron chi connectivity index (χ0n) is 11.0. The normalized spacial score (nSPS) is 11.3. The molecule has 1 heterocycles. The first-order valence-corrected chi connectivity index (χ1v) is 8.51. The van der Waals surface area contributed by atoms with Gasteiger partial charge in [-0.2, -0.15) is 0 Å². The van der Waals surface area contributed by atoms with E-state index in [0.29, 0.717) is 10.6 Å². The van der Waals surface area contributed by atoms with Crippen molar-refractivity contribution in [2.75, 3.05) is 4.72 Å². The highest BCUT2D eigenvalue weighted by molar-refractivity contribution is 7.94. The number of thiophene rings is 1. The molecular weight excluding hydrogens is 312 g/mol. The zero-order valence-corrected chi connectivity index (χ0v) is 13.5. The number of para-hydroxylation sites is 1. The van der Waals surface area contributed by atoms with Gasteiger partial charge in [-0.1, -0.05) is 30.4 Å². The minimum Gasteiger partial charge on any atom is -0.389 e. The van der Waals surface area contributed by atoms with Crippen LogP contribution in [-0.2, 0) is 10.0 Å². The van der Waals surface area contributed by atoms with Crippen LogP contribution in [0.2, 0.25) is 0 Å². The summed E-state index contributed by atoms with van der Waals surface area (Å²) in [5, 5.41) is 0. The second-order valence-electron chi connectivity index (χ2n) is 4.36. The molecule has 20 heavy (non-hydrogen) atoms. The van der Waals surface area contributed by atoms with Gasteiger partial charge >= 0.3 is 0 Å². The molecule has 2 rings (SSSR count). The average Bonchev–Trinajstić information content (AvgIpc) is 2.84. The van der Waals surface area contributed by atoms with Gasteiger partial charge in [0.1, 0.15) is 9.20 Å². The second kappa shape index (κ2) is 5.51. The molecule has 0 fully saturated rings. The quantitative estimate of drug-likeness (QED) is 0.848. The number of benzene rings is 1. The topological polar surface area (TPSA) is 72.2 Å². The van der Waals surface area contributed by atoms with E-state index in [9.17, 15) is 8.42 Å². The van der Waals surface area contributed by atoms with E-state index in [1.54, 1.807) is 6.07 Å². The van der Waals surface area contributed by atoms with Gasteiger partial charge < -0.3 is 5.73 Å². The van der Waals surface area contributed by atoms with Crippen LogP contribution in [0.1, 0.15) is 16.0 Å². The number of hydrogen-bond acceptors (Lipinski definition) is 4. The minimum atomic E-state index is -3.62. The van der Waals surface area contributed by atoms with Gasteiger partial charge in [0.15, 0.2) is 0 Å².